The molecule has 0 bridgehead atoms. The van der Waals surface area contributed by atoms with Crippen LogP contribution in [-0.2, 0) is 12.8 Å². The molecule has 3 nitrogen and oxygen atoms in total. The summed E-state index contributed by atoms with van der Waals surface area (Å²) in [6, 6.07) is 12.3. The molecule has 1 aromatic heterocycles. The quantitative estimate of drug-likeness (QED) is 0.708. The van der Waals surface area contributed by atoms with Gasteiger partial charge >= 0.3 is 0 Å². The molecular weight excluding hydrogens is 281 g/mol. The Morgan fingerprint density at radius 1 is 1.09 bits per heavy atom. The van der Waals surface area contributed by atoms with Crippen molar-refractivity contribution in [3.05, 3.63) is 59.4 Å². The Kier molecular flexibility index (Phi) is 2.96. The van der Waals surface area contributed by atoms with E-state index < -0.39 is 0 Å². The summed E-state index contributed by atoms with van der Waals surface area (Å²) in [6.45, 7) is 0. The summed E-state index contributed by atoms with van der Waals surface area (Å²) in [6.07, 6.45) is 1.76. The summed E-state index contributed by atoms with van der Waals surface area (Å²) in [5.74, 6) is 1.40. The van der Waals surface area contributed by atoms with Crippen molar-refractivity contribution in [2.24, 2.45) is 0 Å². The van der Waals surface area contributed by atoms with Crippen molar-refractivity contribution in [3.8, 4) is 28.3 Å². The van der Waals surface area contributed by atoms with Gasteiger partial charge in [-0.1, -0.05) is 5.16 Å². The average molecular weight is 295 g/mol. The molecule has 0 N–H and O–H groups in total. The Morgan fingerprint density at radius 2 is 1.91 bits per heavy atom. The summed E-state index contributed by atoms with van der Waals surface area (Å²) < 4.78 is 23.9. The first kappa shape index (κ1) is 13.1. The molecule has 0 unspecified atom stereocenters. The first-order chi connectivity index (χ1) is 10.8. The van der Waals surface area contributed by atoms with Crippen LogP contribution in [-0.4, -0.2) is 12.3 Å². The van der Waals surface area contributed by atoms with Crippen LogP contribution in [0.25, 0.3) is 22.6 Å². The predicted molar refractivity (Wildman–Crippen MR) is 81.3 cm³/mol. The van der Waals surface area contributed by atoms with Crippen molar-refractivity contribution < 1.29 is 13.7 Å². The molecule has 3 aromatic rings. The molecule has 1 heterocycles. The van der Waals surface area contributed by atoms with E-state index in [9.17, 15) is 4.39 Å². The fourth-order valence-electron chi connectivity index (χ4n) is 2.97. The van der Waals surface area contributed by atoms with Crippen molar-refractivity contribution in [1.82, 2.24) is 5.16 Å². The maximum absolute atomic E-state index is 13.1. The molecule has 4 rings (SSSR count). The Morgan fingerprint density at radius 3 is 2.68 bits per heavy atom. The minimum Gasteiger partial charge on any atom is -0.497 e. The highest BCUT2D eigenvalue weighted by molar-refractivity contribution is 5.76. The third-order valence-electron chi connectivity index (χ3n) is 4.11. The van der Waals surface area contributed by atoms with Gasteiger partial charge in [0.05, 0.1) is 7.11 Å². The maximum atomic E-state index is 13.1. The maximum Gasteiger partial charge on any atom is 0.170 e. The van der Waals surface area contributed by atoms with Gasteiger partial charge in [-0.3, -0.25) is 0 Å². The zero-order chi connectivity index (χ0) is 15.1. The zero-order valence-electron chi connectivity index (χ0n) is 12.1. The van der Waals surface area contributed by atoms with Crippen LogP contribution in [0.2, 0.25) is 0 Å². The van der Waals surface area contributed by atoms with Crippen molar-refractivity contribution in [1.29, 1.82) is 0 Å². The summed E-state index contributed by atoms with van der Waals surface area (Å²) in [5.41, 5.74) is 5.03. The fraction of sp³-hybridized carbons (Fsp3) is 0.167. The van der Waals surface area contributed by atoms with Crippen LogP contribution in [0.3, 0.4) is 0 Å². The summed E-state index contributed by atoms with van der Waals surface area (Å²) >= 11 is 0. The third-order valence-corrected chi connectivity index (χ3v) is 4.11. The second-order valence-corrected chi connectivity index (χ2v) is 5.37. The Bertz CT molecular complexity index is 837. The van der Waals surface area contributed by atoms with Crippen molar-refractivity contribution in [2.45, 2.75) is 12.8 Å². The van der Waals surface area contributed by atoms with Gasteiger partial charge in [-0.2, -0.15) is 0 Å². The molecule has 22 heavy (non-hydrogen) atoms. The summed E-state index contributed by atoms with van der Waals surface area (Å²) in [4.78, 5) is 0. The SMILES string of the molecule is COc1ccc2c(c1)CCc1c(-c3ccc(F)cc3)noc1-2. The number of aromatic nitrogens is 1. The minimum absolute atomic E-state index is 0.251. The van der Waals surface area contributed by atoms with Crippen molar-refractivity contribution in [2.75, 3.05) is 7.11 Å². The lowest BCUT2D eigenvalue weighted by atomic mass is 9.88. The Hall–Kier alpha value is -2.62. The van der Waals surface area contributed by atoms with Gasteiger partial charge in [0, 0.05) is 16.7 Å². The average Bonchev–Trinajstić information content (AvgIpc) is 2.99. The van der Waals surface area contributed by atoms with Crippen LogP contribution in [0, 0.1) is 5.82 Å². The minimum atomic E-state index is -0.251. The first-order valence-corrected chi connectivity index (χ1v) is 7.18. The van der Waals surface area contributed by atoms with Crippen LogP contribution in [0.15, 0.2) is 47.0 Å². The number of ether oxygens (including phenoxy) is 1. The highest BCUT2D eigenvalue weighted by atomic mass is 19.1. The molecule has 0 aliphatic heterocycles. The number of rotatable bonds is 2. The molecule has 2 aromatic carbocycles. The summed E-state index contributed by atoms with van der Waals surface area (Å²) in [7, 11) is 1.66. The van der Waals surface area contributed by atoms with Gasteiger partial charge in [-0.15, -0.1) is 0 Å². The summed E-state index contributed by atoms with van der Waals surface area (Å²) in [5, 5.41) is 4.21. The topological polar surface area (TPSA) is 35.3 Å². The van der Waals surface area contributed by atoms with Crippen LogP contribution < -0.4 is 4.74 Å². The van der Waals surface area contributed by atoms with Gasteiger partial charge in [0.15, 0.2) is 5.76 Å². The molecule has 1 aliphatic rings. The number of methoxy groups -OCH3 is 1. The third kappa shape index (κ3) is 1.99. The molecular formula is C18H14FNO2. The predicted octanol–water partition coefficient (Wildman–Crippen LogP) is 4.25. The molecule has 0 spiro atoms. The van der Waals surface area contributed by atoms with Gasteiger partial charge in [0.2, 0.25) is 0 Å². The second kappa shape index (κ2) is 4.98. The molecule has 110 valence electrons. The van der Waals surface area contributed by atoms with Crippen molar-refractivity contribution in [3.63, 3.8) is 0 Å². The highest BCUT2D eigenvalue weighted by Crippen LogP contribution is 2.39. The molecule has 0 saturated heterocycles. The smallest absolute Gasteiger partial charge is 0.170 e. The number of hydrogen-bond acceptors (Lipinski definition) is 3. The van der Waals surface area contributed by atoms with Gasteiger partial charge in [0.25, 0.3) is 0 Å². The molecule has 0 amide bonds. The Labute approximate surface area is 127 Å². The highest BCUT2D eigenvalue weighted by Gasteiger charge is 2.25. The molecule has 0 fully saturated rings. The number of nitrogens with zero attached hydrogens (tertiary/aromatic N) is 1. The Balaban J connectivity index is 1.82. The molecule has 0 radical (unpaired) electrons. The second-order valence-electron chi connectivity index (χ2n) is 5.37. The zero-order valence-corrected chi connectivity index (χ0v) is 12.1. The van der Waals surface area contributed by atoms with E-state index in [-0.39, 0.29) is 5.82 Å². The number of hydrogen-bond donors (Lipinski definition) is 0. The molecule has 0 saturated carbocycles. The monoisotopic (exact) mass is 295 g/mol. The van der Waals surface area contributed by atoms with Crippen LogP contribution in [0.5, 0.6) is 5.75 Å². The molecule has 1 aliphatic carbocycles. The van der Waals surface area contributed by atoms with E-state index in [0.29, 0.717) is 0 Å². The normalized spacial score (nSPS) is 12.6. The number of fused-ring (bicyclic) bond motifs is 3. The lowest BCUT2D eigenvalue weighted by molar-refractivity contribution is 0.413. The van der Waals surface area contributed by atoms with Crippen LogP contribution in [0.4, 0.5) is 4.39 Å². The van der Waals surface area contributed by atoms with E-state index in [4.69, 9.17) is 9.26 Å². The number of halogens is 1. The molecule has 0 atom stereocenters. The van der Waals surface area contributed by atoms with E-state index in [2.05, 4.69) is 5.16 Å². The van der Waals surface area contributed by atoms with E-state index in [0.717, 1.165) is 46.7 Å². The van der Waals surface area contributed by atoms with E-state index in [1.165, 1.54) is 17.7 Å². The van der Waals surface area contributed by atoms with E-state index >= 15 is 0 Å². The van der Waals surface area contributed by atoms with Gasteiger partial charge in [0.1, 0.15) is 17.3 Å². The largest absolute Gasteiger partial charge is 0.497 e. The van der Waals surface area contributed by atoms with Gasteiger partial charge in [-0.25, -0.2) is 4.39 Å². The van der Waals surface area contributed by atoms with Gasteiger partial charge in [-0.05, 0) is 60.9 Å². The van der Waals surface area contributed by atoms with Crippen molar-refractivity contribution >= 4 is 0 Å². The van der Waals surface area contributed by atoms with E-state index in [1.54, 1.807) is 19.2 Å². The first-order valence-electron chi connectivity index (χ1n) is 7.18. The number of benzene rings is 2. The van der Waals surface area contributed by atoms with Crippen LogP contribution in [0.1, 0.15) is 11.1 Å². The van der Waals surface area contributed by atoms with Gasteiger partial charge < -0.3 is 9.26 Å². The lowest BCUT2D eigenvalue weighted by Crippen LogP contribution is -2.03. The molecule has 4 heteroatoms. The van der Waals surface area contributed by atoms with E-state index in [1.807, 2.05) is 18.2 Å². The lowest BCUT2D eigenvalue weighted by Gasteiger charge is -2.15. The van der Waals surface area contributed by atoms with Crippen LogP contribution >= 0.6 is 0 Å². The standard InChI is InChI=1S/C18H14FNO2/c1-21-14-7-9-15-12(10-14)4-8-16-17(20-22-18(15)16)11-2-5-13(19)6-3-11/h2-3,5-7,9-10H,4,8H2,1H3. The number of aryl methyl sites for hydroxylation is 1. The fourth-order valence-corrected chi connectivity index (χ4v) is 2.97.